The number of anilines is 1. The summed E-state index contributed by atoms with van der Waals surface area (Å²) >= 11 is 0. The molecular formula is C22H25F2N3OS. The van der Waals surface area contributed by atoms with Crippen LogP contribution in [0, 0.1) is 25.1 Å². The van der Waals surface area contributed by atoms with E-state index < -0.39 is 23.0 Å². The number of aryl methyl sites for hydroxylation is 2. The molecule has 4 nitrogen and oxygen atoms in total. The van der Waals surface area contributed by atoms with Gasteiger partial charge in [-0.1, -0.05) is 17.7 Å². The summed E-state index contributed by atoms with van der Waals surface area (Å²) in [5.41, 5.74) is 2.21. The molecule has 1 aliphatic carbocycles. The molecule has 1 saturated carbocycles. The van der Waals surface area contributed by atoms with Gasteiger partial charge in [0.1, 0.15) is 28.8 Å². The molecule has 1 heterocycles. The average molecular weight is 418 g/mol. The van der Waals surface area contributed by atoms with Crippen molar-refractivity contribution in [3.63, 3.8) is 0 Å². The Morgan fingerprint density at radius 1 is 1.24 bits per heavy atom. The molecule has 0 radical (unpaired) electrons. The Bertz CT molecular complexity index is 973. The summed E-state index contributed by atoms with van der Waals surface area (Å²) in [4.78, 5) is 2.54. The molecule has 2 N–H and O–H groups in total. The zero-order valence-corrected chi connectivity index (χ0v) is 17.4. The Hall–Kier alpha value is -2.28. The third-order valence-electron chi connectivity index (χ3n) is 5.91. The van der Waals surface area contributed by atoms with Gasteiger partial charge < -0.3 is 9.62 Å². The average Bonchev–Trinajstić information content (AvgIpc) is 3.40. The van der Waals surface area contributed by atoms with Crippen LogP contribution in [0.25, 0.3) is 0 Å². The highest BCUT2D eigenvalue weighted by molar-refractivity contribution is 7.86. The molecular weight excluding hydrogens is 392 g/mol. The van der Waals surface area contributed by atoms with Gasteiger partial charge in [-0.15, -0.1) is 0 Å². The lowest BCUT2D eigenvalue weighted by Crippen LogP contribution is -2.49. The minimum absolute atomic E-state index is 0.246. The van der Waals surface area contributed by atoms with E-state index in [1.165, 1.54) is 12.1 Å². The summed E-state index contributed by atoms with van der Waals surface area (Å²) in [6.07, 6.45) is 1.74. The third-order valence-corrected chi connectivity index (χ3v) is 7.02. The molecule has 0 amide bonds. The second-order valence-corrected chi connectivity index (χ2v) is 9.36. The fourth-order valence-corrected chi connectivity index (χ4v) is 5.05. The molecule has 2 aromatic rings. The van der Waals surface area contributed by atoms with Gasteiger partial charge in [0.25, 0.3) is 0 Å². The Labute approximate surface area is 172 Å². The van der Waals surface area contributed by atoms with Crippen molar-refractivity contribution in [1.29, 1.82) is 5.41 Å². The second-order valence-electron chi connectivity index (χ2n) is 8.14. The van der Waals surface area contributed by atoms with Crippen molar-refractivity contribution in [3.8, 4) is 0 Å². The molecule has 4 rings (SSSR count). The number of hydrogen-bond donors (Lipinski definition) is 2. The van der Waals surface area contributed by atoms with Crippen molar-refractivity contribution in [3.05, 3.63) is 58.9 Å². The second kappa shape index (κ2) is 7.52. The maximum absolute atomic E-state index is 14.2. The van der Waals surface area contributed by atoms with E-state index in [4.69, 9.17) is 5.41 Å². The normalized spacial score (nSPS) is 21.1. The number of piperidine rings is 1. The molecule has 7 heteroatoms. The molecule has 2 unspecified atom stereocenters. The van der Waals surface area contributed by atoms with Crippen LogP contribution in [0.2, 0.25) is 0 Å². The Morgan fingerprint density at radius 3 is 2.59 bits per heavy atom. The highest BCUT2D eigenvalue weighted by atomic mass is 32.2. The van der Waals surface area contributed by atoms with E-state index in [1.807, 2.05) is 24.0 Å². The number of alkyl halides is 1. The molecule has 1 spiro atoms. The quantitative estimate of drug-likeness (QED) is 0.551. The summed E-state index contributed by atoms with van der Waals surface area (Å²) in [5, 5.41) is 8.86. The lowest BCUT2D eigenvalue weighted by Gasteiger charge is -2.40. The van der Waals surface area contributed by atoms with Gasteiger partial charge in [0.15, 0.2) is 0 Å². The lowest BCUT2D eigenvalue weighted by atomic mass is 9.95. The first-order valence-electron chi connectivity index (χ1n) is 9.85. The van der Waals surface area contributed by atoms with Crippen molar-refractivity contribution < 1.29 is 13.0 Å². The molecule has 0 aromatic heterocycles. The fourth-order valence-electron chi connectivity index (χ4n) is 4.19. The largest absolute Gasteiger partial charge is 0.351 e. The number of nitrogens with zero attached hydrogens (tertiary/aromatic N) is 1. The Morgan fingerprint density at radius 2 is 1.93 bits per heavy atom. The van der Waals surface area contributed by atoms with Crippen LogP contribution in [0.4, 0.5) is 14.5 Å². The first-order valence-corrected chi connectivity index (χ1v) is 11.0. The van der Waals surface area contributed by atoms with E-state index in [9.17, 15) is 13.0 Å². The molecule has 2 aliphatic rings. The number of hydrogen-bond acceptors (Lipinski definition) is 2. The summed E-state index contributed by atoms with van der Waals surface area (Å²) in [6.45, 7) is 4.16. The van der Waals surface area contributed by atoms with E-state index in [1.54, 1.807) is 19.1 Å². The summed E-state index contributed by atoms with van der Waals surface area (Å²) in [7, 11) is -1.59. The van der Waals surface area contributed by atoms with Gasteiger partial charge >= 0.3 is 0 Å². The van der Waals surface area contributed by atoms with Crippen LogP contribution in [0.3, 0.4) is 0 Å². The van der Waals surface area contributed by atoms with Crippen LogP contribution < -0.4 is 4.72 Å². The maximum atomic E-state index is 14.2. The zero-order chi connectivity index (χ0) is 20.8. The van der Waals surface area contributed by atoms with Crippen LogP contribution in [-0.2, 0) is 11.0 Å². The van der Waals surface area contributed by atoms with Gasteiger partial charge in [0.2, 0.25) is 0 Å². The number of benzene rings is 2. The van der Waals surface area contributed by atoms with Crippen molar-refractivity contribution in [2.24, 2.45) is 0 Å². The first kappa shape index (κ1) is 20.0. The van der Waals surface area contributed by atoms with Gasteiger partial charge in [-0.2, -0.15) is 0 Å². The van der Waals surface area contributed by atoms with Gasteiger partial charge in [0.05, 0.1) is 10.6 Å². The summed E-state index contributed by atoms with van der Waals surface area (Å²) in [6, 6.07) is 9.93. The summed E-state index contributed by atoms with van der Waals surface area (Å²) in [5.74, 6) is -0.207. The molecule has 1 saturated heterocycles. The molecule has 1 aliphatic heterocycles. The van der Waals surface area contributed by atoms with Crippen LogP contribution in [0.1, 0.15) is 42.4 Å². The Kier molecular flexibility index (Phi) is 5.19. The highest BCUT2D eigenvalue weighted by Crippen LogP contribution is 2.50. The number of likely N-dealkylation sites (tertiary alicyclic amines) is 1. The number of rotatable bonds is 4. The molecule has 154 valence electrons. The van der Waals surface area contributed by atoms with Gasteiger partial charge in [-0.3, -0.25) is 5.41 Å². The monoisotopic (exact) mass is 417 g/mol. The van der Waals surface area contributed by atoms with Crippen LogP contribution in [-0.4, -0.2) is 33.2 Å². The fraction of sp³-hybridized carbons (Fsp3) is 0.409. The topological polar surface area (TPSA) is 56.2 Å². The SMILES string of the molecule is Cc1ccc(S(=O)Nc2cc(F)cc(C)c2C(=N)N2CCC(F)CC23CC3)cc1. The highest BCUT2D eigenvalue weighted by Gasteiger charge is 2.53. The number of nitrogens with one attached hydrogen (secondary N) is 2. The maximum Gasteiger partial charge on any atom is 0.150 e. The minimum atomic E-state index is -1.59. The van der Waals surface area contributed by atoms with Crippen LogP contribution in [0.5, 0.6) is 0 Å². The predicted octanol–water partition coefficient (Wildman–Crippen LogP) is 4.87. The van der Waals surface area contributed by atoms with E-state index >= 15 is 0 Å². The molecule has 2 fully saturated rings. The van der Waals surface area contributed by atoms with Crippen molar-refractivity contribution in [2.75, 3.05) is 11.3 Å². The smallest absolute Gasteiger partial charge is 0.150 e. The third kappa shape index (κ3) is 3.92. The Balaban J connectivity index is 1.66. The minimum Gasteiger partial charge on any atom is -0.351 e. The summed E-state index contributed by atoms with van der Waals surface area (Å²) < 4.78 is 43.8. The van der Waals surface area contributed by atoms with E-state index in [-0.39, 0.29) is 11.4 Å². The lowest BCUT2D eigenvalue weighted by molar-refractivity contribution is 0.132. The molecule has 2 aromatic carbocycles. The van der Waals surface area contributed by atoms with Crippen molar-refractivity contribution >= 4 is 22.5 Å². The van der Waals surface area contributed by atoms with Crippen LogP contribution in [0.15, 0.2) is 41.3 Å². The molecule has 2 atom stereocenters. The van der Waals surface area contributed by atoms with Crippen molar-refractivity contribution in [2.45, 2.75) is 56.1 Å². The number of halogens is 2. The van der Waals surface area contributed by atoms with Gasteiger partial charge in [0, 0.05) is 24.1 Å². The van der Waals surface area contributed by atoms with Crippen molar-refractivity contribution in [1.82, 2.24) is 4.90 Å². The van der Waals surface area contributed by atoms with E-state index in [2.05, 4.69) is 4.72 Å². The van der Waals surface area contributed by atoms with Crippen LogP contribution >= 0.6 is 0 Å². The van der Waals surface area contributed by atoms with E-state index in [0.29, 0.717) is 41.1 Å². The first-order chi connectivity index (χ1) is 13.8. The molecule has 29 heavy (non-hydrogen) atoms. The standard InChI is InChI=1S/C22H25F2N3OS/c1-14-3-5-18(6-4-14)29(28)26-19-12-17(24)11-15(2)20(19)21(25)27-10-7-16(23)13-22(27)8-9-22/h3-6,11-12,16,25-26H,7-10,13H2,1-2H3. The predicted molar refractivity (Wildman–Crippen MR) is 112 cm³/mol. The zero-order valence-electron chi connectivity index (χ0n) is 16.6. The number of amidine groups is 1. The van der Waals surface area contributed by atoms with E-state index in [0.717, 1.165) is 18.4 Å². The molecule has 0 bridgehead atoms. The van der Waals surface area contributed by atoms with Gasteiger partial charge in [-0.05, 0) is 62.9 Å². The van der Waals surface area contributed by atoms with Gasteiger partial charge in [-0.25, -0.2) is 13.0 Å².